The average molecular weight is 481 g/mol. The van der Waals surface area contributed by atoms with Gasteiger partial charge in [0, 0.05) is 5.41 Å². The Kier molecular flexibility index (Phi) is 15.2. The van der Waals surface area contributed by atoms with Crippen molar-refractivity contribution in [3.05, 3.63) is 23.5 Å². The number of thiol groups is 1. The Labute approximate surface area is 209 Å². The molecule has 0 heterocycles. The first-order valence-electron chi connectivity index (χ1n) is 13.8. The minimum absolute atomic E-state index is 0.328. The monoisotopic (exact) mass is 480 g/mol. The molecule has 0 aliphatic heterocycles. The molecule has 0 aromatic rings. The summed E-state index contributed by atoms with van der Waals surface area (Å²) >= 11 is 4.61. The zero-order valence-electron chi connectivity index (χ0n) is 21.8. The first-order chi connectivity index (χ1) is 15.7. The van der Waals surface area contributed by atoms with E-state index in [0.717, 1.165) is 18.4 Å². The van der Waals surface area contributed by atoms with Gasteiger partial charge in [0.1, 0.15) is 4.75 Å². The Morgan fingerprint density at radius 3 is 1.67 bits per heavy atom. The van der Waals surface area contributed by atoms with E-state index in [4.69, 9.17) is 0 Å². The highest BCUT2D eigenvalue weighted by Crippen LogP contribution is 2.40. The first-order valence-corrected chi connectivity index (χ1v) is 14.2. The van der Waals surface area contributed by atoms with E-state index < -0.39 is 10.7 Å². The minimum atomic E-state index is -1.02. The molecule has 0 saturated carbocycles. The molecular weight excluding hydrogens is 428 g/mol. The molecule has 1 rings (SSSR count). The molecule has 0 aromatic heterocycles. The minimum Gasteiger partial charge on any atom is -0.512 e. The second-order valence-corrected chi connectivity index (χ2v) is 11.9. The number of unbranched alkanes of at least 4 members (excludes halogenated alkanes) is 15. The summed E-state index contributed by atoms with van der Waals surface area (Å²) in [6.07, 6.45) is 26.4. The highest BCUT2D eigenvalue weighted by Gasteiger charge is 2.37. The molecule has 0 fully saturated rings. The van der Waals surface area contributed by atoms with Gasteiger partial charge in [0.15, 0.2) is 0 Å². The van der Waals surface area contributed by atoms with E-state index in [0.29, 0.717) is 25.0 Å². The summed E-state index contributed by atoms with van der Waals surface area (Å²) in [7, 11) is 0. The van der Waals surface area contributed by atoms with Crippen molar-refractivity contribution in [1.82, 2.24) is 0 Å². The number of aliphatic hydroxyl groups excluding tert-OH is 1. The van der Waals surface area contributed by atoms with Gasteiger partial charge < -0.3 is 10.2 Å². The molecular formula is C29H52O3S. The van der Waals surface area contributed by atoms with Crippen LogP contribution in [0.1, 0.15) is 143 Å². The maximum atomic E-state index is 11.9. The van der Waals surface area contributed by atoms with Crippen LogP contribution in [0.4, 0.5) is 0 Å². The average Bonchev–Trinajstić information content (AvgIpc) is 2.75. The van der Waals surface area contributed by atoms with Gasteiger partial charge >= 0.3 is 5.97 Å². The fourth-order valence-electron chi connectivity index (χ4n) is 4.87. The summed E-state index contributed by atoms with van der Waals surface area (Å²) in [5, 5.41) is 19.8. The summed E-state index contributed by atoms with van der Waals surface area (Å²) < 4.78 is -1.02. The number of aliphatic hydroxyl groups is 1. The maximum Gasteiger partial charge on any atom is 0.319 e. The summed E-state index contributed by atoms with van der Waals surface area (Å²) in [6.45, 7) is 6.25. The van der Waals surface area contributed by atoms with Crippen molar-refractivity contribution in [3.8, 4) is 0 Å². The van der Waals surface area contributed by atoms with Crippen molar-refractivity contribution in [1.29, 1.82) is 0 Å². The summed E-state index contributed by atoms with van der Waals surface area (Å²) in [5.41, 5.74) is 0.734. The van der Waals surface area contributed by atoms with Crippen LogP contribution in [-0.2, 0) is 4.79 Å². The number of aliphatic carboxylic acids is 1. The van der Waals surface area contributed by atoms with Gasteiger partial charge in [-0.15, -0.1) is 0 Å². The molecule has 0 amide bonds. The maximum absolute atomic E-state index is 11.9. The molecule has 3 nitrogen and oxygen atoms in total. The van der Waals surface area contributed by atoms with Crippen molar-refractivity contribution in [2.24, 2.45) is 5.41 Å². The lowest BCUT2D eigenvalue weighted by molar-refractivity contribution is -0.140. The van der Waals surface area contributed by atoms with Gasteiger partial charge in [-0.3, -0.25) is 4.79 Å². The fourth-order valence-corrected chi connectivity index (χ4v) is 5.23. The number of hydrogen-bond donors (Lipinski definition) is 3. The largest absolute Gasteiger partial charge is 0.512 e. The van der Waals surface area contributed by atoms with E-state index in [1.807, 2.05) is 19.9 Å². The third kappa shape index (κ3) is 12.9. The molecule has 0 bridgehead atoms. The molecule has 0 radical (unpaired) electrons. The van der Waals surface area contributed by atoms with E-state index >= 15 is 0 Å². The lowest BCUT2D eigenvalue weighted by Gasteiger charge is -2.32. The number of hydrogen-bond acceptors (Lipinski definition) is 3. The highest BCUT2D eigenvalue weighted by molar-refractivity contribution is 7.82. The standard InChI is InChI=1S/C29H52O3S/c1-4-5-6-7-8-9-10-11-12-13-14-15-16-17-18-19-22-29(33,27(31)32)24-25-20-21-26(30)28(2,3)23-25/h20-21,30,33H,4-19,22-24H2,1-3H3,(H,31,32). The van der Waals surface area contributed by atoms with E-state index in [1.165, 1.54) is 89.9 Å². The van der Waals surface area contributed by atoms with Crippen LogP contribution in [-0.4, -0.2) is 20.9 Å². The number of rotatable bonds is 20. The molecule has 33 heavy (non-hydrogen) atoms. The summed E-state index contributed by atoms with van der Waals surface area (Å²) in [5.74, 6) is -0.464. The molecule has 2 N–H and O–H groups in total. The van der Waals surface area contributed by atoms with Crippen LogP contribution in [0.5, 0.6) is 0 Å². The van der Waals surface area contributed by atoms with Gasteiger partial charge in [0.05, 0.1) is 5.76 Å². The van der Waals surface area contributed by atoms with Crippen LogP contribution in [0.2, 0.25) is 0 Å². The topological polar surface area (TPSA) is 57.5 Å². The van der Waals surface area contributed by atoms with Crippen LogP contribution >= 0.6 is 12.6 Å². The van der Waals surface area contributed by atoms with E-state index in [2.05, 4.69) is 19.6 Å². The van der Waals surface area contributed by atoms with Crippen LogP contribution < -0.4 is 0 Å². The summed E-state index contributed by atoms with van der Waals surface area (Å²) in [4.78, 5) is 11.9. The Morgan fingerprint density at radius 2 is 1.27 bits per heavy atom. The van der Waals surface area contributed by atoms with Gasteiger partial charge in [-0.05, 0) is 25.3 Å². The Hall–Kier alpha value is -0.900. The van der Waals surface area contributed by atoms with Crippen molar-refractivity contribution in [2.45, 2.75) is 148 Å². The molecule has 4 heteroatoms. The molecule has 0 saturated heterocycles. The van der Waals surface area contributed by atoms with E-state index in [1.54, 1.807) is 6.08 Å². The second kappa shape index (κ2) is 16.7. The smallest absolute Gasteiger partial charge is 0.319 e. The molecule has 1 atom stereocenters. The fraction of sp³-hybridized carbons (Fsp3) is 0.828. The van der Waals surface area contributed by atoms with Crippen LogP contribution in [0.25, 0.3) is 0 Å². The van der Waals surface area contributed by atoms with Crippen LogP contribution in [0.15, 0.2) is 23.5 Å². The molecule has 0 spiro atoms. The van der Waals surface area contributed by atoms with Crippen molar-refractivity contribution < 1.29 is 15.0 Å². The second-order valence-electron chi connectivity index (χ2n) is 11.0. The predicted molar refractivity (Wildman–Crippen MR) is 145 cm³/mol. The summed E-state index contributed by atoms with van der Waals surface area (Å²) in [6, 6.07) is 0. The van der Waals surface area contributed by atoms with Crippen LogP contribution in [0, 0.1) is 5.41 Å². The van der Waals surface area contributed by atoms with Gasteiger partial charge in [0.2, 0.25) is 0 Å². The quantitative estimate of drug-likeness (QED) is 0.120. The van der Waals surface area contributed by atoms with Crippen LogP contribution in [0.3, 0.4) is 0 Å². The first kappa shape index (κ1) is 30.1. The van der Waals surface area contributed by atoms with Gasteiger partial charge in [0.25, 0.3) is 0 Å². The number of carboxylic acids is 1. The van der Waals surface area contributed by atoms with E-state index in [-0.39, 0.29) is 5.41 Å². The number of allylic oxidation sites excluding steroid dienone is 4. The molecule has 1 aliphatic rings. The van der Waals surface area contributed by atoms with Gasteiger partial charge in [-0.25, -0.2) is 0 Å². The normalized spacial score (nSPS) is 17.3. The van der Waals surface area contributed by atoms with Crippen molar-refractivity contribution >= 4 is 18.6 Å². The predicted octanol–water partition coefficient (Wildman–Crippen LogP) is 9.58. The lowest BCUT2D eigenvalue weighted by Crippen LogP contribution is -2.34. The zero-order chi connectivity index (χ0) is 24.6. The van der Waals surface area contributed by atoms with Crippen molar-refractivity contribution in [2.75, 3.05) is 0 Å². The molecule has 1 unspecified atom stereocenters. The van der Waals surface area contributed by atoms with Gasteiger partial charge in [-0.2, -0.15) is 12.6 Å². The zero-order valence-corrected chi connectivity index (χ0v) is 22.7. The molecule has 192 valence electrons. The Bertz CT molecular complexity index is 608. The molecule has 1 aliphatic carbocycles. The SMILES string of the molecule is CCCCCCCCCCCCCCCCCCC(S)(CC1=CC=C(O)C(C)(C)C1)C(=O)O. The molecule has 0 aromatic carbocycles. The number of carbonyl (C=O) groups is 1. The third-order valence-electron chi connectivity index (χ3n) is 7.20. The highest BCUT2D eigenvalue weighted by atomic mass is 32.1. The lowest BCUT2D eigenvalue weighted by atomic mass is 9.77. The van der Waals surface area contributed by atoms with Gasteiger partial charge in [-0.1, -0.05) is 135 Å². The van der Waals surface area contributed by atoms with E-state index in [9.17, 15) is 15.0 Å². The Morgan fingerprint density at radius 1 is 0.848 bits per heavy atom. The van der Waals surface area contributed by atoms with Crippen molar-refractivity contribution in [3.63, 3.8) is 0 Å². The Balaban J connectivity index is 2.08. The third-order valence-corrected chi connectivity index (χ3v) is 7.77. The number of carboxylic acid groups (broad SMARTS) is 1.